The number of hydrogen-bond donors (Lipinski definition) is 0. The molecule has 0 saturated carbocycles. The van der Waals surface area contributed by atoms with Gasteiger partial charge in [-0.2, -0.15) is 0 Å². The quantitative estimate of drug-likeness (QED) is 0.635. The lowest BCUT2D eigenvalue weighted by atomic mass is 10.3. The van der Waals surface area contributed by atoms with Gasteiger partial charge >= 0.3 is 5.97 Å². The first kappa shape index (κ1) is 13.4. The second kappa shape index (κ2) is 6.20. The van der Waals surface area contributed by atoms with Crippen LogP contribution in [0.25, 0.3) is 0 Å². The molecule has 0 atom stereocenters. The third-order valence-corrected chi connectivity index (χ3v) is 2.47. The van der Waals surface area contributed by atoms with E-state index in [-0.39, 0.29) is 12.4 Å². The molecule has 0 heterocycles. The molecule has 2 aromatic carbocycles. The van der Waals surface area contributed by atoms with E-state index in [1.54, 1.807) is 24.3 Å². The molecule has 0 fully saturated rings. The smallest absolute Gasteiger partial charge is 0.349 e. The van der Waals surface area contributed by atoms with Gasteiger partial charge in [0.1, 0.15) is 17.3 Å². The first-order chi connectivity index (χ1) is 9.13. The highest BCUT2D eigenvalue weighted by molar-refractivity contribution is 6.30. The van der Waals surface area contributed by atoms with Gasteiger partial charge in [0, 0.05) is 5.02 Å². The molecule has 0 aliphatic carbocycles. The van der Waals surface area contributed by atoms with E-state index in [0.29, 0.717) is 10.8 Å². The molecule has 5 heteroatoms. The van der Waals surface area contributed by atoms with Crippen LogP contribution >= 0.6 is 11.6 Å². The number of hydrogen-bond acceptors (Lipinski definition) is 3. The highest BCUT2D eigenvalue weighted by Crippen LogP contribution is 2.16. The zero-order chi connectivity index (χ0) is 13.7. The summed E-state index contributed by atoms with van der Waals surface area (Å²) in [7, 11) is 0. The van der Waals surface area contributed by atoms with Crippen LogP contribution in [0.2, 0.25) is 5.02 Å². The zero-order valence-corrected chi connectivity index (χ0v) is 10.6. The first-order valence-electron chi connectivity index (χ1n) is 5.48. The van der Waals surface area contributed by atoms with Crippen molar-refractivity contribution in [2.45, 2.75) is 0 Å². The molecule has 0 unspecified atom stereocenters. The Balaban J connectivity index is 1.84. The van der Waals surface area contributed by atoms with Crippen molar-refractivity contribution in [1.29, 1.82) is 0 Å². The number of carbonyl (C=O) groups is 1. The van der Waals surface area contributed by atoms with Gasteiger partial charge in [-0.25, -0.2) is 9.18 Å². The summed E-state index contributed by atoms with van der Waals surface area (Å²) in [6.07, 6.45) is 0. The minimum Gasteiger partial charge on any atom is -0.482 e. The van der Waals surface area contributed by atoms with Crippen molar-refractivity contribution in [3.8, 4) is 11.5 Å². The highest BCUT2D eigenvalue weighted by atomic mass is 35.5. The summed E-state index contributed by atoms with van der Waals surface area (Å²) in [5.41, 5.74) is 0. The van der Waals surface area contributed by atoms with E-state index in [0.717, 1.165) is 0 Å². The van der Waals surface area contributed by atoms with Crippen LogP contribution < -0.4 is 9.47 Å². The van der Waals surface area contributed by atoms with E-state index < -0.39 is 11.8 Å². The van der Waals surface area contributed by atoms with E-state index >= 15 is 0 Å². The molecule has 0 spiro atoms. The van der Waals surface area contributed by atoms with Gasteiger partial charge in [-0.3, -0.25) is 0 Å². The average molecular weight is 281 g/mol. The third-order valence-electron chi connectivity index (χ3n) is 2.22. The summed E-state index contributed by atoms with van der Waals surface area (Å²) < 4.78 is 22.8. The van der Waals surface area contributed by atoms with Crippen molar-refractivity contribution in [1.82, 2.24) is 0 Å². The van der Waals surface area contributed by atoms with Crippen LogP contribution in [-0.4, -0.2) is 12.6 Å². The maximum Gasteiger partial charge on any atom is 0.349 e. The van der Waals surface area contributed by atoms with Crippen LogP contribution in [-0.2, 0) is 4.79 Å². The summed E-state index contributed by atoms with van der Waals surface area (Å²) in [5, 5.41) is 0.584. The number of halogens is 2. The number of ether oxygens (including phenoxy) is 2. The third kappa shape index (κ3) is 4.26. The van der Waals surface area contributed by atoms with Crippen molar-refractivity contribution in [2.75, 3.05) is 6.61 Å². The zero-order valence-electron chi connectivity index (χ0n) is 9.81. The Bertz CT molecular complexity index is 552. The molecule has 19 heavy (non-hydrogen) atoms. The van der Waals surface area contributed by atoms with Gasteiger partial charge in [0.15, 0.2) is 6.61 Å². The van der Waals surface area contributed by atoms with Crippen LogP contribution in [0.1, 0.15) is 0 Å². The second-order valence-electron chi connectivity index (χ2n) is 3.67. The Morgan fingerprint density at radius 3 is 2.21 bits per heavy atom. The molecule has 0 bridgehead atoms. The fraction of sp³-hybridized carbons (Fsp3) is 0.0714. The van der Waals surface area contributed by atoms with Gasteiger partial charge in [0.2, 0.25) is 0 Å². The van der Waals surface area contributed by atoms with Crippen LogP contribution in [0.15, 0.2) is 48.5 Å². The minimum absolute atomic E-state index is 0.237. The number of benzene rings is 2. The maximum atomic E-state index is 12.7. The average Bonchev–Trinajstić information content (AvgIpc) is 2.41. The van der Waals surface area contributed by atoms with Gasteiger partial charge in [0.25, 0.3) is 0 Å². The lowest BCUT2D eigenvalue weighted by Crippen LogP contribution is -2.17. The van der Waals surface area contributed by atoms with Gasteiger partial charge in [0.05, 0.1) is 0 Å². The first-order valence-corrected chi connectivity index (χ1v) is 5.86. The van der Waals surface area contributed by atoms with Gasteiger partial charge in [-0.05, 0) is 48.5 Å². The molecular formula is C14H10ClFO3. The Morgan fingerprint density at radius 1 is 1.00 bits per heavy atom. The largest absolute Gasteiger partial charge is 0.482 e. The topological polar surface area (TPSA) is 35.5 Å². The summed E-state index contributed by atoms with van der Waals surface area (Å²) >= 11 is 5.72. The monoisotopic (exact) mass is 280 g/mol. The number of rotatable bonds is 4. The summed E-state index contributed by atoms with van der Waals surface area (Å²) in [5.74, 6) is -0.176. The predicted molar refractivity (Wildman–Crippen MR) is 69.0 cm³/mol. The predicted octanol–water partition coefficient (Wildman–Crippen LogP) is 3.46. The van der Waals surface area contributed by atoms with Crippen molar-refractivity contribution in [3.63, 3.8) is 0 Å². The van der Waals surface area contributed by atoms with Crippen molar-refractivity contribution in [3.05, 3.63) is 59.4 Å². The molecule has 0 aliphatic heterocycles. The Labute approximate surface area is 114 Å². The molecule has 0 aliphatic rings. The van der Waals surface area contributed by atoms with E-state index in [1.807, 2.05) is 0 Å². The van der Waals surface area contributed by atoms with Crippen LogP contribution in [0.4, 0.5) is 4.39 Å². The summed E-state index contributed by atoms with van der Waals surface area (Å²) in [6, 6.07) is 11.8. The summed E-state index contributed by atoms with van der Waals surface area (Å²) in [6.45, 7) is -0.237. The highest BCUT2D eigenvalue weighted by Gasteiger charge is 2.06. The molecule has 0 aromatic heterocycles. The van der Waals surface area contributed by atoms with Crippen LogP contribution in [0, 0.1) is 5.82 Å². The summed E-state index contributed by atoms with van der Waals surface area (Å²) in [4.78, 5) is 11.5. The van der Waals surface area contributed by atoms with Gasteiger partial charge in [-0.15, -0.1) is 0 Å². The minimum atomic E-state index is -0.568. The molecule has 2 aromatic rings. The van der Waals surface area contributed by atoms with E-state index in [1.165, 1.54) is 24.3 Å². The molecular weight excluding hydrogens is 271 g/mol. The fourth-order valence-electron chi connectivity index (χ4n) is 1.34. The second-order valence-corrected chi connectivity index (χ2v) is 4.11. The lowest BCUT2D eigenvalue weighted by molar-refractivity contribution is -0.136. The fourth-order valence-corrected chi connectivity index (χ4v) is 1.46. The molecule has 0 radical (unpaired) electrons. The number of carbonyl (C=O) groups excluding carboxylic acids is 1. The number of esters is 1. The van der Waals surface area contributed by atoms with E-state index in [2.05, 4.69) is 0 Å². The maximum absolute atomic E-state index is 12.7. The SMILES string of the molecule is O=C(COc1ccc(Cl)cc1)Oc1ccc(F)cc1. The Kier molecular flexibility index (Phi) is 4.36. The van der Waals surface area contributed by atoms with Crippen LogP contribution in [0.3, 0.4) is 0 Å². The van der Waals surface area contributed by atoms with E-state index in [4.69, 9.17) is 21.1 Å². The molecule has 0 amide bonds. The molecule has 98 valence electrons. The van der Waals surface area contributed by atoms with Gasteiger partial charge < -0.3 is 9.47 Å². The molecule has 0 N–H and O–H groups in total. The molecule has 0 saturated heterocycles. The van der Waals surface area contributed by atoms with Crippen molar-refractivity contribution >= 4 is 17.6 Å². The normalized spacial score (nSPS) is 10.0. The molecule has 2 rings (SSSR count). The van der Waals surface area contributed by atoms with Gasteiger partial charge in [-0.1, -0.05) is 11.6 Å². The van der Waals surface area contributed by atoms with Crippen molar-refractivity contribution < 1.29 is 18.7 Å². The van der Waals surface area contributed by atoms with E-state index in [9.17, 15) is 9.18 Å². The standard InChI is InChI=1S/C14H10ClFO3/c15-10-1-5-12(6-2-10)18-9-14(17)19-13-7-3-11(16)4-8-13/h1-8H,9H2. The Hall–Kier alpha value is -2.07. The van der Waals surface area contributed by atoms with Crippen molar-refractivity contribution in [2.24, 2.45) is 0 Å². The Morgan fingerprint density at radius 2 is 1.58 bits per heavy atom. The lowest BCUT2D eigenvalue weighted by Gasteiger charge is -2.06. The molecule has 3 nitrogen and oxygen atoms in total. The van der Waals surface area contributed by atoms with Crippen LogP contribution in [0.5, 0.6) is 11.5 Å².